The monoisotopic (exact) mass is 239 g/mol. The minimum atomic E-state index is -1.44. The summed E-state index contributed by atoms with van der Waals surface area (Å²) in [6.07, 6.45) is -1.44. The molecule has 0 atom stereocenters. The summed E-state index contributed by atoms with van der Waals surface area (Å²) in [5.74, 6) is 0. The van der Waals surface area contributed by atoms with Gasteiger partial charge in [0, 0.05) is 17.5 Å². The zero-order chi connectivity index (χ0) is 11.7. The lowest BCUT2D eigenvalue weighted by Crippen LogP contribution is -2.00. The Labute approximate surface area is 92.8 Å². The van der Waals surface area contributed by atoms with Crippen LogP contribution >= 0.6 is 11.3 Å². The minimum Gasteiger partial charge on any atom is -0.449 e. The summed E-state index contributed by atoms with van der Waals surface area (Å²) in [6, 6.07) is 6.02. The van der Waals surface area contributed by atoms with E-state index in [9.17, 15) is 14.9 Å². The van der Waals surface area contributed by atoms with E-state index >= 15 is 0 Å². The fraction of sp³-hybridized carbons (Fsp3) is 0. The molecule has 7 heteroatoms. The third-order valence-corrected chi connectivity index (χ3v) is 2.94. The number of nitrogens with zero attached hydrogens (tertiary/aromatic N) is 1. The highest BCUT2D eigenvalue weighted by Crippen LogP contribution is 2.37. The van der Waals surface area contributed by atoms with Crippen LogP contribution in [0.25, 0.3) is 10.1 Å². The molecule has 0 fully saturated rings. The average molecular weight is 239 g/mol. The Kier molecular flexibility index (Phi) is 2.45. The molecule has 16 heavy (non-hydrogen) atoms. The molecule has 0 unspecified atom stereocenters. The number of thiophene rings is 1. The first-order chi connectivity index (χ1) is 7.58. The van der Waals surface area contributed by atoms with Crippen LogP contribution in [-0.2, 0) is 0 Å². The molecule has 0 aliphatic carbocycles. The summed E-state index contributed by atoms with van der Waals surface area (Å²) in [5, 5.41) is 19.8. The van der Waals surface area contributed by atoms with Crippen LogP contribution in [0.1, 0.15) is 0 Å². The first-order valence-corrected chi connectivity index (χ1v) is 4.97. The van der Waals surface area contributed by atoms with Crippen molar-refractivity contribution in [2.45, 2.75) is 0 Å². The third-order valence-electron chi connectivity index (χ3n) is 1.89. The SMILES string of the molecule is O=C(O)Oc1cc2cccc([N+](=O)[O-])c2s1. The molecule has 0 amide bonds. The number of hydrogen-bond acceptors (Lipinski definition) is 5. The van der Waals surface area contributed by atoms with Gasteiger partial charge in [-0.1, -0.05) is 23.5 Å². The predicted octanol–water partition coefficient (Wildman–Crippen LogP) is 2.87. The molecule has 0 saturated heterocycles. The van der Waals surface area contributed by atoms with Crippen molar-refractivity contribution in [2.75, 3.05) is 0 Å². The van der Waals surface area contributed by atoms with Crippen molar-refractivity contribution >= 4 is 33.3 Å². The molecule has 6 nitrogen and oxygen atoms in total. The molecule has 0 aliphatic rings. The van der Waals surface area contributed by atoms with Crippen LogP contribution in [0, 0.1) is 10.1 Å². The van der Waals surface area contributed by atoms with Crippen molar-refractivity contribution in [3.63, 3.8) is 0 Å². The Morgan fingerprint density at radius 2 is 2.25 bits per heavy atom. The molecule has 1 aromatic heterocycles. The number of carbonyl (C=O) groups is 1. The Morgan fingerprint density at radius 3 is 2.88 bits per heavy atom. The Bertz CT molecular complexity index is 576. The number of carboxylic acid groups (broad SMARTS) is 1. The van der Waals surface area contributed by atoms with Gasteiger partial charge in [-0.05, 0) is 0 Å². The second kappa shape index (κ2) is 3.78. The van der Waals surface area contributed by atoms with E-state index in [0.717, 1.165) is 11.3 Å². The molecule has 0 bridgehead atoms. The van der Waals surface area contributed by atoms with Crippen molar-refractivity contribution in [2.24, 2.45) is 0 Å². The number of benzene rings is 1. The maximum absolute atomic E-state index is 10.7. The molecule has 0 aliphatic heterocycles. The first-order valence-electron chi connectivity index (χ1n) is 4.15. The lowest BCUT2D eigenvalue weighted by atomic mass is 10.2. The smallest absolute Gasteiger partial charge is 0.449 e. The first kappa shape index (κ1) is 10.4. The average Bonchev–Trinajstić information content (AvgIpc) is 2.57. The molecule has 82 valence electrons. The Balaban J connectivity index is 2.56. The molecule has 0 saturated carbocycles. The molecule has 2 aromatic rings. The number of ether oxygens (including phenoxy) is 1. The van der Waals surface area contributed by atoms with Crippen LogP contribution in [0.5, 0.6) is 5.06 Å². The summed E-state index contributed by atoms with van der Waals surface area (Å²) in [5.41, 5.74) is -0.0530. The number of nitro groups is 1. The molecule has 0 spiro atoms. The largest absolute Gasteiger partial charge is 0.512 e. The Morgan fingerprint density at radius 1 is 1.50 bits per heavy atom. The summed E-state index contributed by atoms with van der Waals surface area (Å²) in [4.78, 5) is 20.5. The van der Waals surface area contributed by atoms with E-state index in [1.807, 2.05) is 0 Å². The highest BCUT2D eigenvalue weighted by Gasteiger charge is 2.15. The number of nitro benzene ring substituents is 1. The van der Waals surface area contributed by atoms with Crippen LogP contribution in [0.4, 0.5) is 10.5 Å². The third kappa shape index (κ3) is 1.80. The van der Waals surface area contributed by atoms with E-state index in [1.165, 1.54) is 18.2 Å². The minimum absolute atomic E-state index is 0.0530. The lowest BCUT2D eigenvalue weighted by molar-refractivity contribution is -0.382. The van der Waals surface area contributed by atoms with Crippen molar-refractivity contribution in [3.05, 3.63) is 34.4 Å². The van der Waals surface area contributed by atoms with Gasteiger partial charge >= 0.3 is 6.16 Å². The van der Waals surface area contributed by atoms with Gasteiger partial charge in [0.25, 0.3) is 5.69 Å². The second-order valence-corrected chi connectivity index (χ2v) is 3.90. The van der Waals surface area contributed by atoms with Gasteiger partial charge in [0.15, 0.2) is 5.06 Å². The molecular weight excluding hydrogens is 234 g/mol. The normalized spacial score (nSPS) is 10.2. The highest BCUT2D eigenvalue weighted by molar-refractivity contribution is 7.21. The lowest BCUT2D eigenvalue weighted by Gasteiger charge is -1.91. The summed E-state index contributed by atoms with van der Waals surface area (Å²) < 4.78 is 4.85. The molecular formula is C9H5NO5S. The second-order valence-electron chi connectivity index (χ2n) is 2.89. The molecule has 1 heterocycles. The van der Waals surface area contributed by atoms with Gasteiger partial charge in [0.1, 0.15) is 4.70 Å². The van der Waals surface area contributed by atoms with Crippen LogP contribution < -0.4 is 4.74 Å². The quantitative estimate of drug-likeness (QED) is 0.494. The summed E-state index contributed by atoms with van der Waals surface area (Å²) in [6.45, 7) is 0. The van der Waals surface area contributed by atoms with Crippen LogP contribution in [0.3, 0.4) is 0 Å². The van der Waals surface area contributed by atoms with E-state index in [0.29, 0.717) is 10.1 Å². The van der Waals surface area contributed by atoms with E-state index < -0.39 is 11.1 Å². The van der Waals surface area contributed by atoms with Crippen molar-refractivity contribution in [1.82, 2.24) is 0 Å². The topological polar surface area (TPSA) is 89.7 Å². The standard InChI is InChI=1S/C9H5NO5S/c11-9(12)15-7-4-5-2-1-3-6(10(13)14)8(5)16-7/h1-4H,(H,11,12). The molecule has 1 aromatic carbocycles. The molecule has 1 N–H and O–H groups in total. The van der Waals surface area contributed by atoms with Crippen LogP contribution in [-0.4, -0.2) is 16.2 Å². The van der Waals surface area contributed by atoms with Crippen LogP contribution in [0.15, 0.2) is 24.3 Å². The number of rotatable bonds is 2. The van der Waals surface area contributed by atoms with Gasteiger partial charge in [-0.3, -0.25) is 10.1 Å². The zero-order valence-electron chi connectivity index (χ0n) is 7.75. The summed E-state index contributed by atoms with van der Waals surface area (Å²) in [7, 11) is 0. The number of hydrogen-bond donors (Lipinski definition) is 1. The molecule has 0 radical (unpaired) electrons. The van der Waals surface area contributed by atoms with Gasteiger partial charge in [-0.25, -0.2) is 4.79 Å². The van der Waals surface area contributed by atoms with E-state index in [1.54, 1.807) is 6.07 Å². The van der Waals surface area contributed by atoms with Gasteiger partial charge in [-0.2, -0.15) is 0 Å². The fourth-order valence-electron chi connectivity index (χ4n) is 1.30. The maximum Gasteiger partial charge on any atom is 0.512 e. The fourth-order valence-corrected chi connectivity index (χ4v) is 2.30. The van der Waals surface area contributed by atoms with Gasteiger partial charge < -0.3 is 9.84 Å². The zero-order valence-corrected chi connectivity index (χ0v) is 8.56. The summed E-state index contributed by atoms with van der Waals surface area (Å²) >= 11 is 0.936. The van der Waals surface area contributed by atoms with Crippen molar-refractivity contribution in [1.29, 1.82) is 0 Å². The Hall–Kier alpha value is -2.15. The van der Waals surface area contributed by atoms with E-state index in [2.05, 4.69) is 4.74 Å². The van der Waals surface area contributed by atoms with Crippen molar-refractivity contribution in [3.8, 4) is 5.06 Å². The van der Waals surface area contributed by atoms with Gasteiger partial charge in [-0.15, -0.1) is 0 Å². The van der Waals surface area contributed by atoms with E-state index in [-0.39, 0.29) is 10.8 Å². The van der Waals surface area contributed by atoms with Crippen molar-refractivity contribution < 1.29 is 19.6 Å². The maximum atomic E-state index is 10.7. The van der Waals surface area contributed by atoms with Gasteiger partial charge in [0.05, 0.1) is 4.92 Å². The van der Waals surface area contributed by atoms with Crippen LogP contribution in [0.2, 0.25) is 0 Å². The van der Waals surface area contributed by atoms with E-state index in [4.69, 9.17) is 5.11 Å². The number of fused-ring (bicyclic) bond motifs is 1. The van der Waals surface area contributed by atoms with Gasteiger partial charge in [0.2, 0.25) is 0 Å². The number of non-ortho nitro benzene ring substituents is 1. The predicted molar refractivity (Wildman–Crippen MR) is 57.1 cm³/mol. The highest BCUT2D eigenvalue weighted by atomic mass is 32.1. The molecule has 2 rings (SSSR count).